The maximum Gasteiger partial charge on any atom is 0.309 e. The van der Waals surface area contributed by atoms with Gasteiger partial charge in [-0.25, -0.2) is 0 Å². The van der Waals surface area contributed by atoms with Crippen molar-refractivity contribution in [2.75, 3.05) is 6.16 Å². The maximum atomic E-state index is 11.0. The summed E-state index contributed by atoms with van der Waals surface area (Å²) >= 11 is 6.07. The van der Waals surface area contributed by atoms with Crippen molar-refractivity contribution in [3.05, 3.63) is 60.7 Å². The summed E-state index contributed by atoms with van der Waals surface area (Å²) in [4.78, 5) is 11.0. The van der Waals surface area contributed by atoms with Crippen LogP contribution >= 0.6 is 6.04 Å². The van der Waals surface area contributed by atoms with E-state index in [1.54, 1.807) is 0 Å². The smallest absolute Gasteiger partial charge is 0.309 e. The molecule has 1 saturated heterocycles. The second-order valence-corrected chi connectivity index (χ2v) is 9.66. The van der Waals surface area contributed by atoms with Crippen LogP contribution in [0, 0.1) is 0 Å². The van der Waals surface area contributed by atoms with Gasteiger partial charge in [0.2, 0.25) is 0 Å². The third-order valence-electron chi connectivity index (χ3n) is 3.50. The molecule has 0 bridgehead atoms. The lowest BCUT2D eigenvalue weighted by Gasteiger charge is -2.32. The van der Waals surface area contributed by atoms with Crippen LogP contribution in [0.3, 0.4) is 0 Å². The Kier molecular flexibility index (Phi) is 3.73. The molecule has 3 rings (SSSR count). The zero-order chi connectivity index (χ0) is 14.0. The monoisotopic (exact) mass is 302 g/mol. The van der Waals surface area contributed by atoms with Gasteiger partial charge in [-0.1, -0.05) is 72.5 Å². The van der Waals surface area contributed by atoms with E-state index in [2.05, 4.69) is 24.3 Å². The minimum Gasteiger partial charge on any atom is -0.461 e. The molecule has 0 N–H and O–H groups in total. The molecule has 0 aliphatic carbocycles. The number of ether oxygens (including phenoxy) is 1. The summed E-state index contributed by atoms with van der Waals surface area (Å²) in [6, 6.07) is 18.5. The van der Waals surface area contributed by atoms with Gasteiger partial charge in [0.25, 0.3) is 0 Å². The van der Waals surface area contributed by atoms with Crippen LogP contribution in [0.25, 0.3) is 0 Å². The average Bonchev–Trinajstić information content (AvgIpc) is 2.47. The van der Waals surface area contributed by atoms with Crippen molar-refractivity contribution in [3.8, 4) is 0 Å². The molecule has 4 heteroatoms. The molecule has 1 aliphatic rings. The van der Waals surface area contributed by atoms with Crippen molar-refractivity contribution in [2.45, 2.75) is 12.5 Å². The van der Waals surface area contributed by atoms with Gasteiger partial charge in [-0.3, -0.25) is 4.79 Å². The predicted molar refractivity (Wildman–Crippen MR) is 85.8 cm³/mol. The van der Waals surface area contributed by atoms with Crippen molar-refractivity contribution in [1.82, 2.24) is 0 Å². The molecule has 102 valence electrons. The largest absolute Gasteiger partial charge is 0.461 e. The van der Waals surface area contributed by atoms with Crippen LogP contribution in [0.2, 0.25) is 0 Å². The van der Waals surface area contributed by atoms with E-state index in [-0.39, 0.29) is 12.1 Å². The van der Waals surface area contributed by atoms with Gasteiger partial charge in [0.15, 0.2) is 0 Å². The lowest BCUT2D eigenvalue weighted by atomic mass is 10.2. The molecule has 0 spiro atoms. The van der Waals surface area contributed by atoms with Crippen LogP contribution < -0.4 is 10.6 Å². The highest BCUT2D eigenvalue weighted by Crippen LogP contribution is 2.46. The van der Waals surface area contributed by atoms with Gasteiger partial charge in [-0.2, -0.15) is 0 Å². The second kappa shape index (κ2) is 5.51. The molecule has 2 aromatic carbocycles. The molecule has 20 heavy (non-hydrogen) atoms. The first-order valence-corrected chi connectivity index (χ1v) is 9.57. The number of hydrogen-bond acceptors (Lipinski definition) is 3. The van der Waals surface area contributed by atoms with E-state index in [1.807, 2.05) is 36.4 Å². The molecule has 1 atom stereocenters. The third kappa shape index (κ3) is 2.56. The number of benzene rings is 2. The van der Waals surface area contributed by atoms with Crippen LogP contribution in [0.1, 0.15) is 6.42 Å². The Bertz CT molecular complexity index is 603. The van der Waals surface area contributed by atoms with Gasteiger partial charge in [0.05, 0.1) is 6.42 Å². The van der Waals surface area contributed by atoms with Crippen molar-refractivity contribution in [2.24, 2.45) is 0 Å². The molecular formula is C16H15O2PS. The first-order valence-electron chi connectivity index (χ1n) is 6.58. The van der Waals surface area contributed by atoms with Crippen molar-refractivity contribution < 1.29 is 9.53 Å². The van der Waals surface area contributed by atoms with E-state index in [9.17, 15) is 4.79 Å². The SMILES string of the molecule is O=C1CC(CP(=S)(c2ccccc2)c2ccccc2)O1. The number of esters is 1. The van der Waals surface area contributed by atoms with E-state index < -0.39 is 6.04 Å². The third-order valence-corrected chi connectivity index (χ3v) is 8.40. The predicted octanol–water partition coefficient (Wildman–Crippen LogP) is 2.43. The average molecular weight is 302 g/mol. The fraction of sp³-hybridized carbons (Fsp3) is 0.188. The Morgan fingerprint density at radius 2 is 1.45 bits per heavy atom. The van der Waals surface area contributed by atoms with Crippen molar-refractivity contribution in [1.29, 1.82) is 0 Å². The zero-order valence-corrected chi connectivity index (χ0v) is 12.6. The number of carbonyl (C=O) groups excluding carboxylic acids is 1. The summed E-state index contributed by atoms with van der Waals surface area (Å²) in [5.41, 5.74) is 0. The summed E-state index contributed by atoms with van der Waals surface area (Å²) in [5.74, 6) is -0.113. The topological polar surface area (TPSA) is 26.3 Å². The highest BCUT2D eigenvalue weighted by Gasteiger charge is 2.35. The van der Waals surface area contributed by atoms with Gasteiger partial charge in [0.1, 0.15) is 6.10 Å². The molecule has 1 fully saturated rings. The van der Waals surface area contributed by atoms with Crippen LogP contribution in [-0.4, -0.2) is 18.2 Å². The molecule has 1 heterocycles. The van der Waals surface area contributed by atoms with Crippen molar-refractivity contribution >= 4 is 34.4 Å². The normalized spacial score (nSPS) is 18.2. The number of hydrogen-bond donors (Lipinski definition) is 0. The summed E-state index contributed by atoms with van der Waals surface area (Å²) < 4.78 is 5.20. The second-order valence-electron chi connectivity index (χ2n) is 4.91. The van der Waals surface area contributed by atoms with Crippen LogP contribution in [0.15, 0.2) is 60.7 Å². The lowest BCUT2D eigenvalue weighted by Crippen LogP contribution is -2.38. The maximum absolute atomic E-state index is 11.0. The van der Waals surface area contributed by atoms with Gasteiger partial charge in [-0.15, -0.1) is 0 Å². The lowest BCUT2D eigenvalue weighted by molar-refractivity contribution is -0.166. The zero-order valence-electron chi connectivity index (χ0n) is 10.9. The number of carbonyl (C=O) groups is 1. The Morgan fingerprint density at radius 1 is 1.00 bits per heavy atom. The van der Waals surface area contributed by atoms with E-state index in [0.29, 0.717) is 6.42 Å². The minimum absolute atomic E-state index is 0.0197. The standard InChI is InChI=1S/C16H15O2PS/c17-16-11-13(18-16)12-19(20,14-7-3-1-4-8-14)15-9-5-2-6-10-15/h1-10,13H,11-12H2. The molecule has 2 aromatic rings. The first-order chi connectivity index (χ1) is 9.68. The van der Waals surface area contributed by atoms with Crippen molar-refractivity contribution in [3.63, 3.8) is 0 Å². The van der Waals surface area contributed by atoms with E-state index >= 15 is 0 Å². The Morgan fingerprint density at radius 3 is 1.85 bits per heavy atom. The summed E-state index contributed by atoms with van der Waals surface area (Å²) in [7, 11) is 0. The van der Waals surface area contributed by atoms with Gasteiger partial charge >= 0.3 is 5.97 Å². The van der Waals surface area contributed by atoms with E-state index in [0.717, 1.165) is 6.16 Å². The molecule has 2 nitrogen and oxygen atoms in total. The highest BCUT2D eigenvalue weighted by molar-refractivity contribution is 8.21. The highest BCUT2D eigenvalue weighted by atomic mass is 32.4. The summed E-state index contributed by atoms with van der Waals surface area (Å²) in [6.07, 6.45) is 1.23. The number of rotatable bonds is 4. The van der Waals surface area contributed by atoms with Crippen LogP contribution in [0.4, 0.5) is 0 Å². The van der Waals surface area contributed by atoms with Crippen LogP contribution in [0.5, 0.6) is 0 Å². The summed E-state index contributed by atoms with van der Waals surface area (Å²) in [5, 5.41) is 2.37. The van der Waals surface area contributed by atoms with Gasteiger partial charge in [0, 0.05) is 12.2 Å². The number of cyclic esters (lactones) is 1. The Hall–Kier alpha value is -1.44. The minimum atomic E-state index is -1.92. The van der Waals surface area contributed by atoms with E-state index in [4.69, 9.17) is 16.5 Å². The fourth-order valence-corrected chi connectivity index (χ4v) is 6.48. The van der Waals surface area contributed by atoms with E-state index in [1.165, 1.54) is 10.6 Å². The molecule has 0 amide bonds. The molecule has 1 aliphatic heterocycles. The quantitative estimate of drug-likeness (QED) is 0.641. The van der Waals surface area contributed by atoms with Gasteiger partial charge in [-0.05, 0) is 10.6 Å². The molecular weight excluding hydrogens is 287 g/mol. The molecule has 0 aromatic heterocycles. The Balaban J connectivity index is 1.99. The first kappa shape index (κ1) is 13.5. The molecule has 0 saturated carbocycles. The molecule has 0 radical (unpaired) electrons. The summed E-state index contributed by atoms with van der Waals surface area (Å²) in [6.45, 7) is 0. The van der Waals surface area contributed by atoms with Gasteiger partial charge < -0.3 is 4.74 Å². The van der Waals surface area contributed by atoms with Crippen LogP contribution in [-0.2, 0) is 21.3 Å². The fourth-order valence-electron chi connectivity index (χ4n) is 2.45. The molecule has 1 unspecified atom stereocenters. The Labute approximate surface area is 123 Å².